The van der Waals surface area contributed by atoms with Gasteiger partial charge < -0.3 is 15.5 Å². The minimum atomic E-state index is -0.803. The molecule has 1 atom stereocenters. The van der Waals surface area contributed by atoms with Crippen molar-refractivity contribution >= 4 is 47.0 Å². The largest absolute Gasteiger partial charge is 0.371 e. The van der Waals surface area contributed by atoms with Crippen molar-refractivity contribution in [3.63, 3.8) is 0 Å². The smallest absolute Gasteiger partial charge is 0.191 e. The van der Waals surface area contributed by atoms with Crippen LogP contribution in [0.25, 0.3) is 0 Å². The Morgan fingerprint density at radius 3 is 2.81 bits per heavy atom. The number of thiophene rings is 1. The van der Waals surface area contributed by atoms with Crippen LogP contribution in [0.15, 0.2) is 40.0 Å². The third-order valence-corrected chi connectivity index (χ3v) is 5.19. The van der Waals surface area contributed by atoms with Gasteiger partial charge in [0, 0.05) is 37.9 Å². The second kappa shape index (κ2) is 10.8. The SMILES string of the molecule is CCNC(=NCc1ccsc1)NCC1CCN(c2ccc(F)c(F)c2)C1.I. The molecule has 27 heavy (non-hydrogen) atoms. The summed E-state index contributed by atoms with van der Waals surface area (Å²) < 4.78 is 26.5. The van der Waals surface area contributed by atoms with Crippen molar-refractivity contribution in [1.29, 1.82) is 0 Å². The van der Waals surface area contributed by atoms with E-state index in [0.717, 1.165) is 44.2 Å². The maximum atomic E-state index is 13.4. The molecule has 0 amide bonds. The molecular formula is C19H25F2IN4S. The zero-order valence-electron chi connectivity index (χ0n) is 15.3. The molecular weight excluding hydrogens is 481 g/mol. The Kier molecular flexibility index (Phi) is 8.75. The van der Waals surface area contributed by atoms with Crippen molar-refractivity contribution in [3.05, 3.63) is 52.2 Å². The molecule has 1 unspecified atom stereocenters. The first kappa shape index (κ1) is 21.9. The number of hydrogen-bond donors (Lipinski definition) is 2. The van der Waals surface area contributed by atoms with Gasteiger partial charge >= 0.3 is 0 Å². The van der Waals surface area contributed by atoms with E-state index in [9.17, 15) is 8.78 Å². The van der Waals surface area contributed by atoms with E-state index in [4.69, 9.17) is 0 Å². The molecule has 1 aromatic heterocycles. The number of nitrogens with one attached hydrogen (secondary N) is 2. The zero-order chi connectivity index (χ0) is 18.4. The first-order chi connectivity index (χ1) is 12.7. The van der Waals surface area contributed by atoms with Gasteiger partial charge in [-0.1, -0.05) is 0 Å². The Bertz CT molecular complexity index is 739. The third-order valence-electron chi connectivity index (χ3n) is 4.46. The number of benzene rings is 1. The van der Waals surface area contributed by atoms with Crippen LogP contribution in [0.5, 0.6) is 0 Å². The zero-order valence-corrected chi connectivity index (χ0v) is 18.4. The second-order valence-electron chi connectivity index (χ2n) is 6.41. The predicted molar refractivity (Wildman–Crippen MR) is 119 cm³/mol. The highest BCUT2D eigenvalue weighted by molar-refractivity contribution is 14.0. The Hall–Kier alpha value is -1.42. The van der Waals surface area contributed by atoms with Crippen molar-refractivity contribution in [2.45, 2.75) is 19.9 Å². The summed E-state index contributed by atoms with van der Waals surface area (Å²) >= 11 is 1.67. The van der Waals surface area contributed by atoms with Crippen LogP contribution in [0.4, 0.5) is 14.5 Å². The normalized spacial score (nSPS) is 16.9. The summed E-state index contributed by atoms with van der Waals surface area (Å²) in [6.45, 7) is 5.98. The first-order valence-corrected chi connectivity index (χ1v) is 9.83. The van der Waals surface area contributed by atoms with Gasteiger partial charge in [0.2, 0.25) is 0 Å². The van der Waals surface area contributed by atoms with Gasteiger partial charge in [0.05, 0.1) is 6.54 Å². The van der Waals surface area contributed by atoms with Crippen molar-refractivity contribution in [2.24, 2.45) is 10.9 Å². The van der Waals surface area contributed by atoms with Crippen LogP contribution in [-0.4, -0.2) is 32.1 Å². The lowest BCUT2D eigenvalue weighted by atomic mass is 10.1. The molecule has 1 fully saturated rings. The lowest BCUT2D eigenvalue weighted by Crippen LogP contribution is -2.40. The number of aliphatic imine (C=N–C) groups is 1. The Balaban J connectivity index is 0.00000261. The topological polar surface area (TPSA) is 39.7 Å². The van der Waals surface area contributed by atoms with Crippen molar-refractivity contribution in [3.8, 4) is 0 Å². The van der Waals surface area contributed by atoms with E-state index >= 15 is 0 Å². The lowest BCUT2D eigenvalue weighted by Gasteiger charge is -2.19. The van der Waals surface area contributed by atoms with Crippen LogP contribution in [0, 0.1) is 17.6 Å². The Morgan fingerprint density at radius 1 is 1.26 bits per heavy atom. The molecule has 148 valence electrons. The van der Waals surface area contributed by atoms with Crippen LogP contribution in [0.2, 0.25) is 0 Å². The van der Waals surface area contributed by atoms with Crippen molar-refractivity contribution in [1.82, 2.24) is 10.6 Å². The van der Waals surface area contributed by atoms with Gasteiger partial charge in [0.1, 0.15) is 0 Å². The molecule has 2 aromatic rings. The minimum Gasteiger partial charge on any atom is -0.371 e. The first-order valence-electron chi connectivity index (χ1n) is 8.89. The predicted octanol–water partition coefficient (Wildman–Crippen LogP) is 4.23. The highest BCUT2D eigenvalue weighted by Crippen LogP contribution is 2.25. The van der Waals surface area contributed by atoms with Crippen LogP contribution >= 0.6 is 35.3 Å². The monoisotopic (exact) mass is 506 g/mol. The Labute approximate surface area is 180 Å². The maximum absolute atomic E-state index is 13.4. The third kappa shape index (κ3) is 6.31. The molecule has 0 saturated carbocycles. The van der Waals surface area contributed by atoms with Crippen molar-refractivity contribution < 1.29 is 8.78 Å². The van der Waals surface area contributed by atoms with Gasteiger partial charge in [-0.25, -0.2) is 13.8 Å². The van der Waals surface area contributed by atoms with E-state index in [-0.39, 0.29) is 24.0 Å². The maximum Gasteiger partial charge on any atom is 0.191 e. The molecule has 1 aromatic carbocycles. The lowest BCUT2D eigenvalue weighted by molar-refractivity contribution is 0.508. The summed E-state index contributed by atoms with van der Waals surface area (Å²) in [4.78, 5) is 6.71. The molecule has 0 bridgehead atoms. The molecule has 0 spiro atoms. The summed E-state index contributed by atoms with van der Waals surface area (Å²) in [5.41, 5.74) is 1.95. The van der Waals surface area contributed by atoms with Gasteiger partial charge in [0.15, 0.2) is 17.6 Å². The van der Waals surface area contributed by atoms with Gasteiger partial charge in [-0.05, 0) is 53.8 Å². The average Bonchev–Trinajstić information content (AvgIpc) is 3.31. The van der Waals surface area contributed by atoms with Crippen LogP contribution in [0.1, 0.15) is 18.9 Å². The summed E-state index contributed by atoms with van der Waals surface area (Å²) in [7, 11) is 0. The van der Waals surface area contributed by atoms with Crippen molar-refractivity contribution in [2.75, 3.05) is 31.1 Å². The molecule has 0 radical (unpaired) electrons. The number of halogens is 3. The van der Waals surface area contributed by atoms with E-state index in [2.05, 4.69) is 37.4 Å². The molecule has 1 aliphatic heterocycles. The van der Waals surface area contributed by atoms with Gasteiger partial charge in [-0.3, -0.25) is 0 Å². The number of nitrogens with zero attached hydrogens (tertiary/aromatic N) is 2. The second-order valence-corrected chi connectivity index (χ2v) is 7.19. The van der Waals surface area contributed by atoms with E-state index in [1.807, 2.05) is 6.92 Å². The Morgan fingerprint density at radius 2 is 2.11 bits per heavy atom. The highest BCUT2D eigenvalue weighted by atomic mass is 127. The minimum absolute atomic E-state index is 0. The molecule has 8 heteroatoms. The van der Waals surface area contributed by atoms with Crippen LogP contribution < -0.4 is 15.5 Å². The van der Waals surface area contributed by atoms with E-state index in [0.29, 0.717) is 12.5 Å². The molecule has 1 aliphatic rings. The number of hydrogen-bond acceptors (Lipinski definition) is 3. The van der Waals surface area contributed by atoms with Gasteiger partial charge in [-0.2, -0.15) is 11.3 Å². The summed E-state index contributed by atoms with van der Waals surface area (Å²) in [5.74, 6) is -0.347. The number of rotatable bonds is 6. The fourth-order valence-electron chi connectivity index (χ4n) is 3.05. The van der Waals surface area contributed by atoms with E-state index in [1.165, 1.54) is 17.7 Å². The molecule has 4 nitrogen and oxygen atoms in total. The molecule has 1 saturated heterocycles. The molecule has 3 rings (SSSR count). The van der Waals surface area contributed by atoms with Gasteiger partial charge in [-0.15, -0.1) is 24.0 Å². The fourth-order valence-corrected chi connectivity index (χ4v) is 3.71. The molecule has 2 heterocycles. The fraction of sp³-hybridized carbons (Fsp3) is 0.421. The summed E-state index contributed by atoms with van der Waals surface area (Å²) in [6, 6.07) is 6.18. The summed E-state index contributed by atoms with van der Waals surface area (Å²) in [5, 5.41) is 10.8. The van der Waals surface area contributed by atoms with Crippen LogP contribution in [0.3, 0.4) is 0 Å². The standard InChI is InChI=1S/C19H24F2N4S.HI/c1-2-22-19(24-11-15-6-8-26-13-15)23-10-14-5-7-25(12-14)16-3-4-17(20)18(21)9-16;/h3-4,6,8-9,13-14H,2,5,7,10-12H2,1H3,(H2,22,23,24);1H. The number of anilines is 1. The number of guanidine groups is 1. The highest BCUT2D eigenvalue weighted by Gasteiger charge is 2.23. The van der Waals surface area contributed by atoms with E-state index in [1.54, 1.807) is 17.4 Å². The van der Waals surface area contributed by atoms with Crippen LogP contribution in [-0.2, 0) is 6.54 Å². The van der Waals surface area contributed by atoms with E-state index < -0.39 is 11.6 Å². The molecule has 0 aliphatic carbocycles. The summed E-state index contributed by atoms with van der Waals surface area (Å²) in [6.07, 6.45) is 1.01. The quantitative estimate of drug-likeness (QED) is 0.350. The van der Waals surface area contributed by atoms with Gasteiger partial charge in [0.25, 0.3) is 0 Å². The molecule has 2 N–H and O–H groups in total. The average molecular weight is 506 g/mol.